The monoisotopic (exact) mass is 279 g/mol. The number of amides is 1. The molecule has 0 aromatic carbocycles. The van der Waals surface area contributed by atoms with Gasteiger partial charge in [0.25, 0.3) is 0 Å². The molecule has 18 heavy (non-hydrogen) atoms. The summed E-state index contributed by atoms with van der Waals surface area (Å²) in [5.74, 6) is -1.09. The van der Waals surface area contributed by atoms with Crippen LogP contribution in [0.5, 0.6) is 0 Å². The van der Waals surface area contributed by atoms with Gasteiger partial charge in [-0.15, -0.1) is 3.89 Å². The van der Waals surface area contributed by atoms with E-state index >= 15 is 0 Å². The van der Waals surface area contributed by atoms with Gasteiger partial charge in [0.1, 0.15) is 0 Å². The van der Waals surface area contributed by atoms with Gasteiger partial charge < -0.3 is 10.0 Å². The molecule has 0 aromatic heterocycles. The number of rotatable bonds is 3. The topological polar surface area (TPSA) is 74.7 Å². The number of aliphatic hydroxyl groups excluding tert-OH is 1. The normalized spacial score (nSPS) is 34.0. The summed E-state index contributed by atoms with van der Waals surface area (Å²) in [4.78, 5) is 13.5. The predicted molar refractivity (Wildman–Crippen MR) is 63.0 cm³/mol. The molecule has 1 aliphatic carbocycles. The Morgan fingerprint density at radius 3 is 2.44 bits per heavy atom. The number of carbonyl (C=O) groups excluding carboxylic acids is 1. The van der Waals surface area contributed by atoms with Crippen LogP contribution in [0.1, 0.15) is 32.1 Å². The molecule has 0 bridgehead atoms. The first-order valence-electron chi connectivity index (χ1n) is 6.25. The van der Waals surface area contributed by atoms with Crippen LogP contribution >= 0.6 is 0 Å². The summed E-state index contributed by atoms with van der Waals surface area (Å²) in [5.41, 5.74) is 0. The highest BCUT2D eigenvalue weighted by Crippen LogP contribution is 2.29. The summed E-state index contributed by atoms with van der Waals surface area (Å²) < 4.78 is 33.8. The second kappa shape index (κ2) is 5.13. The molecule has 0 aromatic rings. The molecule has 1 N–H and O–H groups in total. The van der Waals surface area contributed by atoms with E-state index in [0.717, 1.165) is 12.8 Å². The number of nitrogens with zero attached hydrogens (tertiary/aromatic N) is 1. The van der Waals surface area contributed by atoms with Gasteiger partial charge in [-0.3, -0.25) is 4.79 Å². The Balaban J connectivity index is 1.93. The quantitative estimate of drug-likeness (QED) is 0.761. The second-order valence-corrected chi connectivity index (χ2v) is 6.70. The molecule has 1 heterocycles. The third-order valence-corrected chi connectivity index (χ3v) is 4.65. The van der Waals surface area contributed by atoms with E-state index in [0.29, 0.717) is 19.4 Å². The minimum absolute atomic E-state index is 0.0771. The average Bonchev–Trinajstić information content (AvgIpc) is 2.58. The van der Waals surface area contributed by atoms with Crippen molar-refractivity contribution in [3.63, 3.8) is 0 Å². The lowest BCUT2D eigenvalue weighted by molar-refractivity contribution is -0.130. The molecule has 1 atom stereocenters. The van der Waals surface area contributed by atoms with E-state index in [1.165, 1.54) is 0 Å². The number of hydrogen-bond acceptors (Lipinski definition) is 4. The smallest absolute Gasteiger partial charge is 0.302 e. The van der Waals surface area contributed by atoms with E-state index in [2.05, 4.69) is 0 Å². The Kier molecular flexibility index (Phi) is 3.91. The van der Waals surface area contributed by atoms with E-state index in [1.54, 1.807) is 4.90 Å². The molecule has 1 aliphatic heterocycles. The van der Waals surface area contributed by atoms with Crippen molar-refractivity contribution in [1.82, 2.24) is 4.90 Å². The molecule has 2 fully saturated rings. The zero-order valence-electron chi connectivity index (χ0n) is 10.1. The van der Waals surface area contributed by atoms with Crippen LogP contribution in [0.25, 0.3) is 0 Å². The first-order valence-corrected chi connectivity index (χ1v) is 7.80. The summed E-state index contributed by atoms with van der Waals surface area (Å²) in [5, 5.41) is 9.41. The fourth-order valence-electron chi connectivity index (χ4n) is 2.92. The highest BCUT2D eigenvalue weighted by molar-refractivity contribution is 7.86. The van der Waals surface area contributed by atoms with Gasteiger partial charge in [0.2, 0.25) is 5.91 Å². The maximum absolute atomic E-state index is 12.6. The predicted octanol–water partition coefficient (Wildman–Crippen LogP) is 0.438. The Hall–Kier alpha value is -0.690. The van der Waals surface area contributed by atoms with Gasteiger partial charge in [-0.2, -0.15) is 8.42 Å². The lowest BCUT2D eigenvalue weighted by Crippen LogP contribution is -2.40. The van der Waals surface area contributed by atoms with Gasteiger partial charge >= 0.3 is 10.2 Å². The van der Waals surface area contributed by atoms with Gasteiger partial charge in [-0.25, -0.2) is 0 Å². The molecule has 1 saturated heterocycles. The molecule has 1 saturated carbocycles. The van der Waals surface area contributed by atoms with Crippen molar-refractivity contribution in [2.75, 3.05) is 12.3 Å². The number of carbonyl (C=O) groups is 1. The molecule has 1 amide bonds. The Morgan fingerprint density at radius 2 is 1.89 bits per heavy atom. The van der Waals surface area contributed by atoms with Crippen LogP contribution in [-0.4, -0.2) is 48.8 Å². The van der Waals surface area contributed by atoms with E-state index < -0.39 is 21.9 Å². The minimum Gasteiger partial charge on any atom is -0.393 e. The molecule has 5 nitrogen and oxygen atoms in total. The van der Waals surface area contributed by atoms with E-state index in [9.17, 15) is 22.2 Å². The lowest BCUT2D eigenvalue weighted by Gasteiger charge is -2.33. The van der Waals surface area contributed by atoms with Crippen molar-refractivity contribution in [2.24, 2.45) is 5.92 Å². The molecule has 2 rings (SSSR count). The van der Waals surface area contributed by atoms with Gasteiger partial charge in [0.05, 0.1) is 11.9 Å². The maximum Gasteiger partial charge on any atom is 0.302 e. The fourth-order valence-corrected chi connectivity index (χ4v) is 3.71. The average molecular weight is 279 g/mol. The highest BCUT2D eigenvalue weighted by Gasteiger charge is 2.37. The maximum atomic E-state index is 12.6. The third-order valence-electron chi connectivity index (χ3n) is 3.78. The fraction of sp³-hybridized carbons (Fsp3) is 0.909. The van der Waals surface area contributed by atoms with Crippen molar-refractivity contribution < 1.29 is 22.2 Å². The SMILES string of the molecule is O=C1CC(CS(=O)(=O)F)CN1C1CCC(O)CC1. The minimum atomic E-state index is -4.51. The van der Waals surface area contributed by atoms with Crippen molar-refractivity contribution >= 4 is 16.1 Å². The van der Waals surface area contributed by atoms with Crippen molar-refractivity contribution in [1.29, 1.82) is 0 Å². The molecule has 0 radical (unpaired) electrons. The molecular formula is C11H18FNO4S. The zero-order chi connectivity index (χ0) is 13.3. The zero-order valence-corrected chi connectivity index (χ0v) is 10.9. The van der Waals surface area contributed by atoms with E-state index in [1.807, 2.05) is 0 Å². The number of aliphatic hydroxyl groups is 1. The molecule has 104 valence electrons. The third kappa shape index (κ3) is 3.41. The molecule has 7 heteroatoms. The first kappa shape index (κ1) is 13.7. The lowest BCUT2D eigenvalue weighted by atomic mass is 9.92. The van der Waals surface area contributed by atoms with Crippen LogP contribution in [0.4, 0.5) is 3.89 Å². The Labute approximate surface area is 106 Å². The van der Waals surface area contributed by atoms with Gasteiger partial charge in [0, 0.05) is 24.9 Å². The van der Waals surface area contributed by atoms with E-state index in [-0.39, 0.29) is 24.5 Å². The molecule has 1 unspecified atom stereocenters. The molecule has 0 spiro atoms. The summed E-state index contributed by atoms with van der Waals surface area (Å²) in [7, 11) is -4.51. The number of likely N-dealkylation sites (tertiary alicyclic amines) is 1. The highest BCUT2D eigenvalue weighted by atomic mass is 32.3. The van der Waals surface area contributed by atoms with Crippen LogP contribution in [0.3, 0.4) is 0 Å². The summed E-state index contributed by atoms with van der Waals surface area (Å²) in [6.07, 6.45) is 2.63. The Bertz CT molecular complexity index is 417. The van der Waals surface area contributed by atoms with Crippen molar-refractivity contribution in [3.8, 4) is 0 Å². The van der Waals surface area contributed by atoms with Crippen LogP contribution in [0, 0.1) is 5.92 Å². The second-order valence-electron chi connectivity index (χ2n) is 5.28. The van der Waals surface area contributed by atoms with E-state index in [4.69, 9.17) is 0 Å². The van der Waals surface area contributed by atoms with Crippen molar-refractivity contribution in [3.05, 3.63) is 0 Å². The summed E-state index contributed by atoms with van der Waals surface area (Å²) >= 11 is 0. The number of halogens is 1. The Morgan fingerprint density at radius 1 is 1.28 bits per heavy atom. The summed E-state index contributed by atoms with van der Waals surface area (Å²) in [6.45, 7) is 0.322. The van der Waals surface area contributed by atoms with Crippen LogP contribution in [0.15, 0.2) is 0 Å². The van der Waals surface area contributed by atoms with Gasteiger partial charge in [-0.1, -0.05) is 0 Å². The van der Waals surface area contributed by atoms with Crippen molar-refractivity contribution in [2.45, 2.75) is 44.2 Å². The van der Waals surface area contributed by atoms with Gasteiger partial charge in [-0.05, 0) is 25.7 Å². The van der Waals surface area contributed by atoms with Gasteiger partial charge in [0.15, 0.2) is 0 Å². The van der Waals surface area contributed by atoms with Crippen LogP contribution in [0.2, 0.25) is 0 Å². The first-order chi connectivity index (χ1) is 8.35. The van der Waals surface area contributed by atoms with Crippen LogP contribution < -0.4 is 0 Å². The van der Waals surface area contributed by atoms with Crippen LogP contribution in [-0.2, 0) is 15.0 Å². The molecule has 2 aliphatic rings. The standard InChI is InChI=1S/C11H18FNO4S/c12-18(16,17)7-8-5-11(15)13(6-8)9-1-3-10(14)4-2-9/h8-10,14H,1-7H2. The largest absolute Gasteiger partial charge is 0.393 e. The molecular weight excluding hydrogens is 261 g/mol. The summed E-state index contributed by atoms with van der Waals surface area (Å²) in [6, 6.07) is 0.0771. The number of hydrogen-bond donors (Lipinski definition) is 1.